The molecule has 3 heterocycles. The van der Waals surface area contributed by atoms with E-state index in [1.165, 1.54) is 5.56 Å². The van der Waals surface area contributed by atoms with E-state index in [0.717, 1.165) is 30.2 Å². The van der Waals surface area contributed by atoms with Gasteiger partial charge >= 0.3 is 0 Å². The molecule has 4 heteroatoms. The Morgan fingerprint density at radius 3 is 2.81 bits per heavy atom. The van der Waals surface area contributed by atoms with Crippen LogP contribution in [-0.4, -0.2) is 21.3 Å². The highest BCUT2D eigenvalue weighted by Gasteiger charge is 2.21. The highest BCUT2D eigenvalue weighted by atomic mass is 15.3. The predicted octanol–water partition coefficient (Wildman–Crippen LogP) is 3.15. The van der Waals surface area contributed by atoms with Crippen LogP contribution in [-0.2, 0) is 6.54 Å². The van der Waals surface area contributed by atoms with Gasteiger partial charge in [0.05, 0.1) is 12.2 Å². The minimum absolute atomic E-state index is 0.459. The van der Waals surface area contributed by atoms with E-state index >= 15 is 0 Å². The molecule has 1 atom stereocenters. The van der Waals surface area contributed by atoms with Crippen LogP contribution in [0.4, 0.5) is 5.82 Å². The van der Waals surface area contributed by atoms with Gasteiger partial charge < -0.3 is 5.32 Å². The fourth-order valence-electron chi connectivity index (χ4n) is 2.80. The lowest BCUT2D eigenvalue weighted by molar-refractivity contribution is 0.506. The summed E-state index contributed by atoms with van der Waals surface area (Å²) in [6, 6.07) is 16.7. The van der Waals surface area contributed by atoms with Crippen molar-refractivity contribution in [2.24, 2.45) is 0 Å². The van der Waals surface area contributed by atoms with Gasteiger partial charge in [0.15, 0.2) is 0 Å². The minimum Gasteiger partial charge on any atom is -0.370 e. The molecule has 0 aliphatic carbocycles. The van der Waals surface area contributed by atoms with Crippen LogP contribution >= 0.6 is 0 Å². The molecule has 0 saturated carbocycles. The molecule has 4 rings (SSSR count). The third-order valence-corrected chi connectivity index (χ3v) is 3.93. The molecule has 0 spiro atoms. The average Bonchev–Trinajstić information content (AvgIpc) is 2.99. The molecule has 4 nitrogen and oxygen atoms in total. The first kappa shape index (κ1) is 12.1. The zero-order chi connectivity index (χ0) is 14.1. The number of aromatic nitrogens is 3. The zero-order valence-electron chi connectivity index (χ0n) is 11.6. The van der Waals surface area contributed by atoms with Crippen molar-refractivity contribution in [2.75, 3.05) is 11.9 Å². The van der Waals surface area contributed by atoms with Gasteiger partial charge in [-0.05, 0) is 17.7 Å². The molecule has 2 aromatic heterocycles. The Morgan fingerprint density at radius 1 is 1.10 bits per heavy atom. The van der Waals surface area contributed by atoms with Crippen LogP contribution < -0.4 is 5.32 Å². The third kappa shape index (κ3) is 2.29. The Kier molecular flexibility index (Phi) is 2.92. The van der Waals surface area contributed by atoms with Gasteiger partial charge in [0.2, 0.25) is 0 Å². The summed E-state index contributed by atoms with van der Waals surface area (Å²) in [4.78, 5) is 4.16. The monoisotopic (exact) mass is 276 g/mol. The normalized spacial score (nSPS) is 17.0. The summed E-state index contributed by atoms with van der Waals surface area (Å²) < 4.78 is 2.06. The number of anilines is 1. The molecular weight excluding hydrogens is 260 g/mol. The number of rotatable bonds is 2. The standard InChI is InChI=1S/C17H16N4/c1-2-5-13(6-3-1)15-11-19-17-9-16(20-21(17)12-15)14-7-4-8-18-10-14/h1-10,15,19H,11-12H2. The maximum absolute atomic E-state index is 4.71. The highest BCUT2D eigenvalue weighted by Crippen LogP contribution is 2.28. The SMILES string of the molecule is c1ccc(C2CNc3cc(-c4cccnc4)nn3C2)cc1. The number of nitrogens with one attached hydrogen (secondary N) is 1. The van der Waals surface area contributed by atoms with Crippen molar-refractivity contribution in [2.45, 2.75) is 12.5 Å². The number of pyridine rings is 1. The second-order valence-electron chi connectivity index (χ2n) is 5.33. The van der Waals surface area contributed by atoms with Crippen LogP contribution in [0, 0.1) is 0 Å². The van der Waals surface area contributed by atoms with E-state index in [2.05, 4.69) is 51.4 Å². The maximum Gasteiger partial charge on any atom is 0.124 e. The largest absolute Gasteiger partial charge is 0.370 e. The highest BCUT2D eigenvalue weighted by molar-refractivity contribution is 5.62. The Bertz CT molecular complexity index is 734. The Labute approximate surface area is 123 Å². The van der Waals surface area contributed by atoms with Gasteiger partial charge in [-0.2, -0.15) is 5.10 Å². The van der Waals surface area contributed by atoms with E-state index in [1.807, 2.05) is 18.3 Å². The number of hydrogen-bond acceptors (Lipinski definition) is 3. The molecule has 1 aliphatic rings. The van der Waals surface area contributed by atoms with E-state index < -0.39 is 0 Å². The maximum atomic E-state index is 4.71. The minimum atomic E-state index is 0.459. The summed E-state index contributed by atoms with van der Waals surface area (Å²) in [5.74, 6) is 1.54. The number of nitrogens with zero attached hydrogens (tertiary/aromatic N) is 3. The molecule has 1 aromatic carbocycles. The van der Waals surface area contributed by atoms with Crippen LogP contribution in [0.5, 0.6) is 0 Å². The average molecular weight is 276 g/mol. The lowest BCUT2D eigenvalue weighted by Crippen LogP contribution is -2.26. The fourth-order valence-corrected chi connectivity index (χ4v) is 2.80. The Balaban J connectivity index is 1.63. The third-order valence-electron chi connectivity index (χ3n) is 3.93. The van der Waals surface area contributed by atoms with Gasteiger partial charge in [-0.15, -0.1) is 0 Å². The number of fused-ring (bicyclic) bond motifs is 1. The summed E-state index contributed by atoms with van der Waals surface area (Å²) in [6.07, 6.45) is 3.63. The molecule has 21 heavy (non-hydrogen) atoms. The first-order chi connectivity index (χ1) is 10.4. The van der Waals surface area contributed by atoms with Crippen molar-refractivity contribution in [3.63, 3.8) is 0 Å². The van der Waals surface area contributed by atoms with Crippen LogP contribution in [0.3, 0.4) is 0 Å². The van der Waals surface area contributed by atoms with Crippen molar-refractivity contribution in [3.05, 3.63) is 66.5 Å². The molecule has 1 unspecified atom stereocenters. The lowest BCUT2D eigenvalue weighted by atomic mass is 9.98. The van der Waals surface area contributed by atoms with Crippen LogP contribution in [0.1, 0.15) is 11.5 Å². The quantitative estimate of drug-likeness (QED) is 0.782. The number of hydrogen-bond donors (Lipinski definition) is 1. The fraction of sp³-hybridized carbons (Fsp3) is 0.176. The van der Waals surface area contributed by atoms with E-state index in [0.29, 0.717) is 5.92 Å². The molecule has 0 amide bonds. The van der Waals surface area contributed by atoms with E-state index in [1.54, 1.807) is 6.20 Å². The molecule has 3 aromatic rings. The van der Waals surface area contributed by atoms with Crippen LogP contribution in [0.15, 0.2) is 60.9 Å². The first-order valence-electron chi connectivity index (χ1n) is 7.17. The van der Waals surface area contributed by atoms with Gasteiger partial charge in [-0.25, -0.2) is 4.68 Å². The first-order valence-corrected chi connectivity index (χ1v) is 7.17. The van der Waals surface area contributed by atoms with Crippen molar-refractivity contribution in [1.82, 2.24) is 14.8 Å². The summed E-state index contributed by atoms with van der Waals surface area (Å²) in [6.45, 7) is 1.86. The van der Waals surface area contributed by atoms with Crippen LogP contribution in [0.25, 0.3) is 11.3 Å². The van der Waals surface area contributed by atoms with Gasteiger partial charge in [0.25, 0.3) is 0 Å². The van der Waals surface area contributed by atoms with Crippen LogP contribution in [0.2, 0.25) is 0 Å². The van der Waals surface area contributed by atoms with Crippen molar-refractivity contribution < 1.29 is 0 Å². The van der Waals surface area contributed by atoms with Gasteiger partial charge in [-0.3, -0.25) is 4.98 Å². The zero-order valence-corrected chi connectivity index (χ0v) is 11.6. The molecule has 104 valence electrons. The van der Waals surface area contributed by atoms with E-state index in [4.69, 9.17) is 5.10 Å². The summed E-state index contributed by atoms with van der Waals surface area (Å²) in [7, 11) is 0. The molecular formula is C17H16N4. The van der Waals surface area contributed by atoms with E-state index in [9.17, 15) is 0 Å². The molecule has 1 N–H and O–H groups in total. The van der Waals surface area contributed by atoms with E-state index in [-0.39, 0.29) is 0 Å². The molecule has 1 aliphatic heterocycles. The van der Waals surface area contributed by atoms with Gasteiger partial charge in [0, 0.05) is 36.5 Å². The van der Waals surface area contributed by atoms with Crippen molar-refractivity contribution in [3.8, 4) is 11.3 Å². The smallest absolute Gasteiger partial charge is 0.124 e. The lowest BCUT2D eigenvalue weighted by Gasteiger charge is -2.25. The summed E-state index contributed by atoms with van der Waals surface area (Å²) in [5, 5.41) is 8.19. The van der Waals surface area contributed by atoms with Crippen molar-refractivity contribution in [1.29, 1.82) is 0 Å². The van der Waals surface area contributed by atoms with Gasteiger partial charge in [0.1, 0.15) is 5.82 Å². The predicted molar refractivity (Wildman–Crippen MR) is 83.1 cm³/mol. The summed E-state index contributed by atoms with van der Waals surface area (Å²) >= 11 is 0. The molecule has 0 saturated heterocycles. The number of benzene rings is 1. The molecule has 0 bridgehead atoms. The van der Waals surface area contributed by atoms with Crippen molar-refractivity contribution >= 4 is 5.82 Å². The Hall–Kier alpha value is -2.62. The topological polar surface area (TPSA) is 42.7 Å². The second-order valence-corrected chi connectivity index (χ2v) is 5.33. The molecule has 0 fully saturated rings. The summed E-state index contributed by atoms with van der Waals surface area (Å²) in [5.41, 5.74) is 3.38. The second kappa shape index (κ2) is 5.05. The Morgan fingerprint density at radius 2 is 2.00 bits per heavy atom. The van der Waals surface area contributed by atoms with Gasteiger partial charge in [-0.1, -0.05) is 30.3 Å². The molecule has 0 radical (unpaired) electrons.